The van der Waals surface area contributed by atoms with Crippen LogP contribution in [0.2, 0.25) is 0 Å². The third-order valence-corrected chi connectivity index (χ3v) is 5.47. The van der Waals surface area contributed by atoms with Crippen LogP contribution in [0.15, 0.2) is 36.5 Å². The molecule has 3 rings (SSSR count). The highest BCUT2D eigenvalue weighted by atomic mass is 19.1. The van der Waals surface area contributed by atoms with Crippen molar-refractivity contribution in [2.24, 2.45) is 5.92 Å². The van der Waals surface area contributed by atoms with Gasteiger partial charge in [0.15, 0.2) is 0 Å². The first-order valence-corrected chi connectivity index (χ1v) is 9.40. The maximum absolute atomic E-state index is 14.1. The monoisotopic (exact) mass is 325 g/mol. The molecule has 0 spiro atoms. The van der Waals surface area contributed by atoms with Crippen molar-refractivity contribution in [3.63, 3.8) is 0 Å². The minimum atomic E-state index is -0.188. The number of pyridine rings is 1. The van der Waals surface area contributed by atoms with E-state index in [2.05, 4.69) is 18.0 Å². The summed E-state index contributed by atoms with van der Waals surface area (Å²) in [6.45, 7) is 4.18. The Balaban J connectivity index is 1.65. The molecule has 1 aliphatic carbocycles. The van der Waals surface area contributed by atoms with E-state index in [4.69, 9.17) is 0 Å². The SMILES string of the molecule is CCCCC1CCC(c2ccc(-c3ccc(C)cc3F)nc2)CC1. The van der Waals surface area contributed by atoms with Crippen molar-refractivity contribution in [1.82, 2.24) is 4.98 Å². The second kappa shape index (κ2) is 7.92. The van der Waals surface area contributed by atoms with Crippen molar-refractivity contribution < 1.29 is 4.39 Å². The van der Waals surface area contributed by atoms with Crippen molar-refractivity contribution in [3.8, 4) is 11.3 Å². The summed E-state index contributed by atoms with van der Waals surface area (Å²) in [5, 5.41) is 0. The third-order valence-electron chi connectivity index (χ3n) is 5.47. The zero-order valence-electron chi connectivity index (χ0n) is 14.9. The average molecular weight is 325 g/mol. The Morgan fingerprint density at radius 1 is 1.08 bits per heavy atom. The molecule has 0 bridgehead atoms. The lowest BCUT2D eigenvalue weighted by molar-refractivity contribution is 0.304. The van der Waals surface area contributed by atoms with Crippen molar-refractivity contribution in [2.75, 3.05) is 0 Å². The Labute approximate surface area is 145 Å². The van der Waals surface area contributed by atoms with Gasteiger partial charge in [-0.15, -0.1) is 0 Å². The molecule has 1 aromatic carbocycles. The maximum Gasteiger partial charge on any atom is 0.132 e. The predicted octanol–water partition coefficient (Wildman–Crippen LogP) is 6.66. The zero-order valence-corrected chi connectivity index (χ0v) is 14.9. The van der Waals surface area contributed by atoms with Crippen LogP contribution in [0.5, 0.6) is 0 Å². The van der Waals surface area contributed by atoms with E-state index < -0.39 is 0 Å². The van der Waals surface area contributed by atoms with Gasteiger partial charge in [0.25, 0.3) is 0 Å². The van der Waals surface area contributed by atoms with Crippen LogP contribution in [0.3, 0.4) is 0 Å². The largest absolute Gasteiger partial charge is 0.256 e. The van der Waals surface area contributed by atoms with Crippen molar-refractivity contribution in [1.29, 1.82) is 0 Å². The molecule has 24 heavy (non-hydrogen) atoms. The fourth-order valence-electron chi connectivity index (χ4n) is 3.91. The first-order valence-electron chi connectivity index (χ1n) is 9.40. The molecule has 1 saturated carbocycles. The van der Waals surface area contributed by atoms with Crippen LogP contribution in [0.1, 0.15) is 68.9 Å². The van der Waals surface area contributed by atoms with Crippen LogP contribution in [0.4, 0.5) is 4.39 Å². The molecular weight excluding hydrogens is 297 g/mol. The Morgan fingerprint density at radius 2 is 1.88 bits per heavy atom. The molecular formula is C22H28FN. The Bertz CT molecular complexity index is 654. The summed E-state index contributed by atoms with van der Waals surface area (Å²) in [4.78, 5) is 4.54. The number of aryl methyl sites for hydroxylation is 1. The van der Waals surface area contributed by atoms with Crippen molar-refractivity contribution in [2.45, 2.75) is 64.7 Å². The van der Waals surface area contributed by atoms with Gasteiger partial charge in [-0.25, -0.2) is 4.39 Å². The van der Waals surface area contributed by atoms with E-state index in [1.807, 2.05) is 31.3 Å². The summed E-state index contributed by atoms with van der Waals surface area (Å²) in [5.41, 5.74) is 3.58. The molecule has 2 aromatic rings. The number of hydrogen-bond donors (Lipinski definition) is 0. The van der Waals surface area contributed by atoms with Crippen LogP contribution in [0, 0.1) is 18.7 Å². The molecule has 0 saturated heterocycles. The number of aromatic nitrogens is 1. The molecule has 0 unspecified atom stereocenters. The molecule has 128 valence electrons. The fraction of sp³-hybridized carbons (Fsp3) is 0.500. The smallest absolute Gasteiger partial charge is 0.132 e. The maximum atomic E-state index is 14.1. The lowest BCUT2D eigenvalue weighted by Crippen LogP contribution is -2.13. The predicted molar refractivity (Wildman–Crippen MR) is 98.6 cm³/mol. The van der Waals surface area contributed by atoms with E-state index in [1.54, 1.807) is 6.07 Å². The van der Waals surface area contributed by atoms with Gasteiger partial charge in [-0.1, -0.05) is 38.3 Å². The van der Waals surface area contributed by atoms with Gasteiger partial charge in [0.2, 0.25) is 0 Å². The number of nitrogens with zero attached hydrogens (tertiary/aromatic N) is 1. The van der Waals surface area contributed by atoms with Gasteiger partial charge in [0, 0.05) is 11.8 Å². The summed E-state index contributed by atoms with van der Waals surface area (Å²) >= 11 is 0. The number of hydrogen-bond acceptors (Lipinski definition) is 1. The highest BCUT2D eigenvalue weighted by molar-refractivity contribution is 5.60. The summed E-state index contributed by atoms with van der Waals surface area (Å²) < 4.78 is 14.1. The number of rotatable bonds is 5. The van der Waals surface area contributed by atoms with E-state index in [1.165, 1.54) is 50.5 Å². The molecule has 1 fully saturated rings. The summed E-state index contributed by atoms with van der Waals surface area (Å²) in [7, 11) is 0. The molecule has 0 N–H and O–H groups in total. The number of unbranched alkanes of at least 4 members (excludes halogenated alkanes) is 1. The lowest BCUT2D eigenvalue weighted by atomic mass is 9.77. The van der Waals surface area contributed by atoms with Crippen molar-refractivity contribution >= 4 is 0 Å². The first-order chi connectivity index (χ1) is 11.7. The van der Waals surface area contributed by atoms with Crippen LogP contribution in [-0.4, -0.2) is 4.98 Å². The molecule has 0 amide bonds. The van der Waals surface area contributed by atoms with Crippen LogP contribution in [-0.2, 0) is 0 Å². The van der Waals surface area contributed by atoms with E-state index in [0.29, 0.717) is 11.5 Å². The van der Waals surface area contributed by atoms with Crippen LogP contribution in [0.25, 0.3) is 11.3 Å². The second-order valence-electron chi connectivity index (χ2n) is 7.32. The Hall–Kier alpha value is -1.70. The van der Waals surface area contributed by atoms with Crippen LogP contribution >= 0.6 is 0 Å². The Morgan fingerprint density at radius 3 is 2.50 bits per heavy atom. The van der Waals surface area contributed by atoms with E-state index >= 15 is 0 Å². The number of benzene rings is 1. The third kappa shape index (κ3) is 4.03. The normalized spacial score (nSPS) is 21.0. The van der Waals surface area contributed by atoms with E-state index in [9.17, 15) is 4.39 Å². The molecule has 0 atom stereocenters. The molecule has 1 nitrogen and oxygen atoms in total. The molecule has 2 heteroatoms. The summed E-state index contributed by atoms with van der Waals surface area (Å²) in [6, 6.07) is 9.46. The standard InChI is InChI=1S/C22H28FN/c1-3-4-5-17-7-9-18(10-8-17)19-11-13-22(24-15-19)20-12-6-16(2)14-21(20)23/h6,11-15,17-18H,3-5,7-10H2,1-2H3. The van der Waals surface area contributed by atoms with Crippen LogP contribution < -0.4 is 0 Å². The minimum Gasteiger partial charge on any atom is -0.256 e. The highest BCUT2D eigenvalue weighted by Gasteiger charge is 2.22. The Kier molecular flexibility index (Phi) is 5.65. The van der Waals surface area contributed by atoms with Gasteiger partial charge < -0.3 is 0 Å². The van der Waals surface area contributed by atoms with Gasteiger partial charge in [0.05, 0.1) is 5.69 Å². The van der Waals surface area contributed by atoms with E-state index in [0.717, 1.165) is 17.2 Å². The van der Waals surface area contributed by atoms with Gasteiger partial charge >= 0.3 is 0 Å². The summed E-state index contributed by atoms with van der Waals surface area (Å²) in [6.07, 6.45) is 11.3. The molecule has 1 heterocycles. The fourth-order valence-corrected chi connectivity index (χ4v) is 3.91. The first kappa shape index (κ1) is 17.1. The molecule has 0 radical (unpaired) electrons. The van der Waals surface area contributed by atoms with Gasteiger partial charge in [0.1, 0.15) is 5.82 Å². The summed E-state index contributed by atoms with van der Waals surface area (Å²) in [5.74, 6) is 1.37. The molecule has 0 aliphatic heterocycles. The minimum absolute atomic E-state index is 0.188. The van der Waals surface area contributed by atoms with Crippen molar-refractivity contribution in [3.05, 3.63) is 53.5 Å². The van der Waals surface area contributed by atoms with E-state index in [-0.39, 0.29) is 5.82 Å². The second-order valence-corrected chi connectivity index (χ2v) is 7.32. The highest BCUT2D eigenvalue weighted by Crippen LogP contribution is 2.37. The lowest BCUT2D eigenvalue weighted by Gasteiger charge is -2.28. The zero-order chi connectivity index (χ0) is 16.9. The molecule has 1 aromatic heterocycles. The molecule has 1 aliphatic rings. The topological polar surface area (TPSA) is 12.9 Å². The van der Waals surface area contributed by atoms with Gasteiger partial charge in [-0.2, -0.15) is 0 Å². The quantitative estimate of drug-likeness (QED) is 0.599. The number of halogens is 1. The average Bonchev–Trinajstić information content (AvgIpc) is 2.61. The van der Waals surface area contributed by atoms with Gasteiger partial charge in [-0.05, 0) is 73.8 Å². The van der Waals surface area contributed by atoms with Gasteiger partial charge in [-0.3, -0.25) is 4.98 Å².